The standard InChI is InChI=1S/C14H25OSi/c1-11(2)16(12(3)4,13(5)6)15-14-9-7-8-10-14/h7,9,11-13H,8H2,1-6H3. The molecule has 16 heavy (non-hydrogen) atoms. The average molecular weight is 237 g/mol. The highest BCUT2D eigenvalue weighted by molar-refractivity contribution is 6.77. The molecule has 0 saturated carbocycles. The van der Waals surface area contributed by atoms with Crippen LogP contribution >= 0.6 is 0 Å². The Labute approximate surface area is 102 Å². The van der Waals surface area contributed by atoms with E-state index in [1.807, 2.05) is 0 Å². The topological polar surface area (TPSA) is 9.23 Å². The van der Waals surface area contributed by atoms with Crippen molar-refractivity contribution in [1.82, 2.24) is 0 Å². The van der Waals surface area contributed by atoms with E-state index in [1.54, 1.807) is 0 Å². The molecule has 0 aliphatic heterocycles. The zero-order chi connectivity index (χ0) is 12.3. The lowest BCUT2D eigenvalue weighted by atomic mass is 10.5. The van der Waals surface area contributed by atoms with Crippen LogP contribution in [0.25, 0.3) is 0 Å². The van der Waals surface area contributed by atoms with E-state index >= 15 is 0 Å². The maximum absolute atomic E-state index is 6.44. The van der Waals surface area contributed by atoms with Gasteiger partial charge in [-0.1, -0.05) is 47.6 Å². The fraction of sp³-hybridized carbons (Fsp3) is 0.714. The van der Waals surface area contributed by atoms with Gasteiger partial charge in [-0.3, -0.25) is 0 Å². The van der Waals surface area contributed by atoms with Crippen LogP contribution in [0.5, 0.6) is 0 Å². The highest BCUT2D eigenvalue weighted by Gasteiger charge is 2.47. The van der Waals surface area contributed by atoms with Crippen LogP contribution < -0.4 is 0 Å². The maximum atomic E-state index is 6.44. The van der Waals surface area contributed by atoms with Gasteiger partial charge in [-0.15, -0.1) is 0 Å². The van der Waals surface area contributed by atoms with Gasteiger partial charge in [0.25, 0.3) is 8.32 Å². The van der Waals surface area contributed by atoms with Crippen molar-refractivity contribution in [1.29, 1.82) is 0 Å². The van der Waals surface area contributed by atoms with Gasteiger partial charge in [-0.25, -0.2) is 0 Å². The summed E-state index contributed by atoms with van der Waals surface area (Å²) in [5.74, 6) is 0.989. The van der Waals surface area contributed by atoms with E-state index in [4.69, 9.17) is 4.43 Å². The van der Waals surface area contributed by atoms with E-state index in [-0.39, 0.29) is 0 Å². The predicted octanol–water partition coefficient (Wildman–Crippen LogP) is 4.83. The smallest absolute Gasteiger partial charge is 0.258 e. The van der Waals surface area contributed by atoms with Gasteiger partial charge >= 0.3 is 0 Å². The van der Waals surface area contributed by atoms with Crippen LogP contribution in [0.1, 0.15) is 48.0 Å². The van der Waals surface area contributed by atoms with Gasteiger partial charge in [0.05, 0.1) is 0 Å². The summed E-state index contributed by atoms with van der Waals surface area (Å²) in [4.78, 5) is 0. The van der Waals surface area contributed by atoms with Crippen molar-refractivity contribution in [2.45, 2.75) is 64.6 Å². The molecule has 1 aliphatic carbocycles. The van der Waals surface area contributed by atoms with Gasteiger partial charge in [0.1, 0.15) is 5.76 Å². The molecule has 0 atom stereocenters. The van der Waals surface area contributed by atoms with Crippen molar-refractivity contribution in [3.8, 4) is 0 Å². The molecule has 0 N–H and O–H groups in total. The maximum Gasteiger partial charge on any atom is 0.258 e. The highest BCUT2D eigenvalue weighted by Crippen LogP contribution is 2.43. The third-order valence-electron chi connectivity index (χ3n) is 3.66. The summed E-state index contributed by atoms with van der Waals surface area (Å²) >= 11 is 0. The fourth-order valence-electron chi connectivity index (χ4n) is 3.00. The molecular formula is C14H25OSi. The van der Waals surface area contributed by atoms with Gasteiger partial charge in [0.2, 0.25) is 0 Å². The Morgan fingerprint density at radius 2 is 1.56 bits per heavy atom. The molecule has 0 unspecified atom stereocenters. The first-order valence-electron chi connectivity index (χ1n) is 6.37. The SMILES string of the molecule is CC(C)[Si](OC1=[C]CC=C1)(C(C)C)C(C)C. The molecule has 0 spiro atoms. The van der Waals surface area contributed by atoms with E-state index in [0.717, 1.165) is 12.2 Å². The van der Waals surface area contributed by atoms with E-state index < -0.39 is 8.32 Å². The molecule has 0 heterocycles. The van der Waals surface area contributed by atoms with Gasteiger partial charge in [0.15, 0.2) is 0 Å². The summed E-state index contributed by atoms with van der Waals surface area (Å²) in [6.45, 7) is 13.9. The lowest BCUT2D eigenvalue weighted by Crippen LogP contribution is -2.47. The molecule has 91 valence electrons. The molecule has 2 heteroatoms. The van der Waals surface area contributed by atoms with Crippen LogP contribution in [-0.4, -0.2) is 8.32 Å². The van der Waals surface area contributed by atoms with E-state index in [2.05, 4.69) is 59.8 Å². The van der Waals surface area contributed by atoms with Gasteiger partial charge in [-0.05, 0) is 29.1 Å². The number of allylic oxidation sites excluding steroid dienone is 3. The first kappa shape index (κ1) is 13.6. The van der Waals surface area contributed by atoms with E-state index in [9.17, 15) is 0 Å². The van der Waals surface area contributed by atoms with Crippen molar-refractivity contribution < 1.29 is 4.43 Å². The highest BCUT2D eigenvalue weighted by atomic mass is 28.4. The van der Waals surface area contributed by atoms with Crippen molar-refractivity contribution in [2.24, 2.45) is 0 Å². The van der Waals surface area contributed by atoms with Crippen LogP contribution in [0.15, 0.2) is 17.9 Å². The number of hydrogen-bond donors (Lipinski definition) is 0. The van der Waals surface area contributed by atoms with Crippen LogP contribution in [0.3, 0.4) is 0 Å². The molecular weight excluding hydrogens is 212 g/mol. The molecule has 1 aliphatic rings. The quantitative estimate of drug-likeness (QED) is 0.623. The molecule has 0 aromatic rings. The zero-order valence-corrected chi connectivity index (χ0v) is 12.5. The summed E-state index contributed by atoms with van der Waals surface area (Å²) < 4.78 is 6.44. The minimum atomic E-state index is -1.74. The Bertz CT molecular complexity index is 265. The largest absolute Gasteiger partial charge is 0.542 e. The molecule has 0 saturated heterocycles. The van der Waals surface area contributed by atoms with E-state index in [1.165, 1.54) is 0 Å². The Hall–Kier alpha value is -0.503. The van der Waals surface area contributed by atoms with Crippen LogP contribution in [0.4, 0.5) is 0 Å². The lowest BCUT2D eigenvalue weighted by Gasteiger charge is -2.42. The molecule has 0 aromatic heterocycles. The van der Waals surface area contributed by atoms with Crippen molar-refractivity contribution in [3.63, 3.8) is 0 Å². The average Bonchev–Trinajstić information content (AvgIpc) is 2.64. The normalized spacial score (nSPS) is 16.4. The molecule has 1 rings (SSSR count). The first-order valence-corrected chi connectivity index (χ1v) is 8.51. The second kappa shape index (κ2) is 5.22. The minimum Gasteiger partial charge on any atom is -0.542 e. The summed E-state index contributed by atoms with van der Waals surface area (Å²) in [6.07, 6.45) is 8.40. The molecule has 0 bridgehead atoms. The second-order valence-electron chi connectivity index (χ2n) is 5.57. The monoisotopic (exact) mass is 237 g/mol. The number of rotatable bonds is 5. The Morgan fingerprint density at radius 3 is 1.88 bits per heavy atom. The van der Waals surface area contributed by atoms with Gasteiger partial charge in [0, 0.05) is 6.08 Å². The van der Waals surface area contributed by atoms with Gasteiger partial charge in [-0.2, -0.15) is 0 Å². The molecule has 0 aromatic carbocycles. The molecule has 0 amide bonds. The van der Waals surface area contributed by atoms with E-state index in [0.29, 0.717) is 16.6 Å². The van der Waals surface area contributed by atoms with Crippen LogP contribution in [0, 0.1) is 6.08 Å². The Morgan fingerprint density at radius 1 is 1.06 bits per heavy atom. The van der Waals surface area contributed by atoms with Crippen LogP contribution in [-0.2, 0) is 4.43 Å². The van der Waals surface area contributed by atoms with Crippen LogP contribution in [0.2, 0.25) is 16.6 Å². The lowest BCUT2D eigenvalue weighted by molar-refractivity contribution is 0.385. The third kappa shape index (κ3) is 2.42. The second-order valence-corrected chi connectivity index (χ2v) is 10.9. The molecule has 0 fully saturated rings. The molecule has 1 radical (unpaired) electrons. The first-order chi connectivity index (χ1) is 7.41. The van der Waals surface area contributed by atoms with Crippen molar-refractivity contribution in [3.05, 3.63) is 24.0 Å². The van der Waals surface area contributed by atoms with Crippen molar-refractivity contribution in [2.75, 3.05) is 0 Å². The minimum absolute atomic E-state index is 0.635. The van der Waals surface area contributed by atoms with Crippen molar-refractivity contribution >= 4 is 8.32 Å². The molecule has 1 nitrogen and oxygen atoms in total. The Kier molecular flexibility index (Phi) is 4.42. The summed E-state index contributed by atoms with van der Waals surface area (Å²) in [7, 11) is -1.74. The third-order valence-corrected chi connectivity index (χ3v) is 9.64. The zero-order valence-electron chi connectivity index (χ0n) is 11.5. The number of hydrogen-bond acceptors (Lipinski definition) is 1. The predicted molar refractivity (Wildman–Crippen MR) is 72.6 cm³/mol. The summed E-state index contributed by atoms with van der Waals surface area (Å²) in [6, 6.07) is 0. The Balaban J connectivity index is 2.97. The van der Waals surface area contributed by atoms with Gasteiger partial charge < -0.3 is 4.43 Å². The summed E-state index contributed by atoms with van der Waals surface area (Å²) in [5, 5.41) is 0. The summed E-state index contributed by atoms with van der Waals surface area (Å²) in [5.41, 5.74) is 1.90. The fourth-order valence-corrected chi connectivity index (χ4v) is 8.23.